The average molecular weight is 517 g/mol. The zero-order valence-corrected chi connectivity index (χ0v) is 24.7. The molecular formula is C33H56O4. The summed E-state index contributed by atoms with van der Waals surface area (Å²) in [6.45, 7) is 11.4. The zero-order valence-electron chi connectivity index (χ0n) is 24.7. The minimum atomic E-state index is -0.459. The number of Topliss-reactive ketones (excluding diaryl/α,β-unsaturated/α-hetero) is 1. The molecular weight excluding hydrogens is 460 g/mol. The van der Waals surface area contributed by atoms with Crippen molar-refractivity contribution in [3.8, 4) is 0 Å². The van der Waals surface area contributed by atoms with Gasteiger partial charge in [-0.1, -0.05) is 97.6 Å². The quantitative estimate of drug-likeness (QED) is 0.0839. The summed E-state index contributed by atoms with van der Waals surface area (Å²) in [7, 11) is 0. The molecule has 0 amide bonds. The Labute approximate surface area is 227 Å². The maximum Gasteiger partial charge on any atom is 0.305 e. The van der Waals surface area contributed by atoms with Crippen LogP contribution in [0.15, 0.2) is 12.2 Å². The Kier molecular flexibility index (Phi) is 11.3. The molecule has 4 heteroatoms. The van der Waals surface area contributed by atoms with Crippen molar-refractivity contribution >= 4 is 11.8 Å². The first kappa shape index (κ1) is 30.4. The monoisotopic (exact) mass is 516 g/mol. The van der Waals surface area contributed by atoms with E-state index >= 15 is 0 Å². The standard InChI is InChI=1S/C33H56O4/c1-6-7-8-9-10-11-12-13-14-15-16-17-18-19-20-22-27(34)36-25-26-32(4)24-21-23-31(2,3)29(32)28(35)30-33(26,5)37-30/h13-14,26,29-30H,6-12,15-25H2,1-5H3/t26-,29?,30+,32-,33-/m1/s1. The number of rotatable bonds is 17. The van der Waals surface area contributed by atoms with Gasteiger partial charge in [-0.05, 0) is 62.7 Å². The van der Waals surface area contributed by atoms with E-state index in [1.165, 1.54) is 70.6 Å². The normalized spacial score (nSPS) is 32.2. The van der Waals surface area contributed by atoms with Crippen LogP contribution in [0.1, 0.15) is 144 Å². The summed E-state index contributed by atoms with van der Waals surface area (Å²) in [6.07, 6.45) is 24.4. The lowest BCUT2D eigenvalue weighted by molar-refractivity contribution is -0.158. The van der Waals surface area contributed by atoms with Crippen LogP contribution < -0.4 is 0 Å². The predicted molar refractivity (Wildman–Crippen MR) is 151 cm³/mol. The molecule has 37 heavy (non-hydrogen) atoms. The second-order valence-electron chi connectivity index (χ2n) is 13.4. The van der Waals surface area contributed by atoms with Crippen molar-refractivity contribution in [1.82, 2.24) is 0 Å². The molecule has 0 spiro atoms. The van der Waals surface area contributed by atoms with Crippen LogP contribution in [0.25, 0.3) is 0 Å². The van der Waals surface area contributed by atoms with Crippen molar-refractivity contribution in [2.75, 3.05) is 6.61 Å². The van der Waals surface area contributed by atoms with Crippen LogP contribution in [-0.4, -0.2) is 30.1 Å². The van der Waals surface area contributed by atoms with E-state index in [0.717, 1.165) is 32.1 Å². The summed E-state index contributed by atoms with van der Waals surface area (Å²) in [4.78, 5) is 25.8. The fourth-order valence-corrected chi connectivity index (χ4v) is 7.77. The minimum Gasteiger partial charge on any atom is -0.465 e. The number of carbonyl (C=O) groups excluding carboxylic acids is 2. The number of carbonyl (C=O) groups is 2. The number of esters is 1. The molecule has 1 aliphatic heterocycles. The van der Waals surface area contributed by atoms with Crippen molar-refractivity contribution in [3.63, 3.8) is 0 Å². The highest BCUT2D eigenvalue weighted by molar-refractivity contribution is 5.92. The van der Waals surface area contributed by atoms with Crippen LogP contribution >= 0.6 is 0 Å². The highest BCUT2D eigenvalue weighted by atomic mass is 16.6. The number of fused-ring (bicyclic) bond motifs is 2. The molecule has 3 rings (SSSR count). The van der Waals surface area contributed by atoms with Gasteiger partial charge in [0.2, 0.25) is 0 Å². The number of hydrogen-bond donors (Lipinski definition) is 0. The summed E-state index contributed by atoms with van der Waals surface area (Å²) in [6, 6.07) is 0. The number of ketones is 1. The third-order valence-corrected chi connectivity index (χ3v) is 9.90. The van der Waals surface area contributed by atoms with Gasteiger partial charge in [-0.2, -0.15) is 0 Å². The van der Waals surface area contributed by atoms with E-state index < -0.39 is 5.60 Å². The second-order valence-corrected chi connectivity index (χ2v) is 13.4. The average Bonchev–Trinajstić information content (AvgIpc) is 3.53. The Morgan fingerprint density at radius 3 is 2.14 bits per heavy atom. The van der Waals surface area contributed by atoms with Crippen molar-refractivity contribution in [3.05, 3.63) is 12.2 Å². The van der Waals surface area contributed by atoms with Gasteiger partial charge in [-0.25, -0.2) is 0 Å². The molecule has 0 aromatic rings. The smallest absolute Gasteiger partial charge is 0.305 e. The highest BCUT2D eigenvalue weighted by Gasteiger charge is 2.74. The Morgan fingerprint density at radius 2 is 1.49 bits per heavy atom. The van der Waals surface area contributed by atoms with Crippen LogP contribution in [-0.2, 0) is 19.1 Å². The third-order valence-electron chi connectivity index (χ3n) is 9.90. The van der Waals surface area contributed by atoms with E-state index in [0.29, 0.717) is 13.0 Å². The van der Waals surface area contributed by atoms with E-state index in [1.807, 2.05) is 0 Å². The predicted octanol–water partition coefficient (Wildman–Crippen LogP) is 8.76. The van der Waals surface area contributed by atoms with Crippen LogP contribution in [0.2, 0.25) is 0 Å². The van der Waals surface area contributed by atoms with Crippen molar-refractivity contribution in [2.45, 2.75) is 155 Å². The topological polar surface area (TPSA) is 55.9 Å². The van der Waals surface area contributed by atoms with Gasteiger partial charge < -0.3 is 9.47 Å². The van der Waals surface area contributed by atoms with Gasteiger partial charge >= 0.3 is 5.97 Å². The molecule has 212 valence electrons. The molecule has 1 unspecified atom stereocenters. The SMILES string of the molecule is CCCCCCCCC=CCCCCCCCC(=O)OC[C@H]1[C@@]2(C)O[C@H]2C(=O)C2C(C)(C)CCC[C@@]21C. The molecule has 5 atom stereocenters. The first-order valence-electron chi connectivity index (χ1n) is 15.7. The van der Waals surface area contributed by atoms with E-state index in [-0.39, 0.29) is 40.5 Å². The molecule has 3 fully saturated rings. The van der Waals surface area contributed by atoms with E-state index in [2.05, 4.69) is 46.8 Å². The highest BCUT2D eigenvalue weighted by Crippen LogP contribution is 2.66. The molecule has 1 heterocycles. The van der Waals surface area contributed by atoms with Crippen molar-refractivity contribution < 1.29 is 19.1 Å². The lowest BCUT2D eigenvalue weighted by Crippen LogP contribution is -2.60. The van der Waals surface area contributed by atoms with Crippen LogP contribution in [0.3, 0.4) is 0 Å². The number of hydrogen-bond acceptors (Lipinski definition) is 4. The molecule has 0 bridgehead atoms. The number of allylic oxidation sites excluding steroid dienone is 2. The van der Waals surface area contributed by atoms with Crippen molar-refractivity contribution in [2.24, 2.45) is 22.7 Å². The first-order valence-corrected chi connectivity index (χ1v) is 15.7. The molecule has 2 saturated carbocycles. The second kappa shape index (κ2) is 13.8. The maximum absolute atomic E-state index is 13.2. The molecule has 0 radical (unpaired) electrons. The maximum atomic E-state index is 13.2. The molecule has 2 aliphatic carbocycles. The molecule has 0 N–H and O–H groups in total. The Morgan fingerprint density at radius 1 is 0.892 bits per heavy atom. The lowest BCUT2D eigenvalue weighted by atomic mass is 9.46. The van der Waals surface area contributed by atoms with E-state index in [4.69, 9.17) is 9.47 Å². The fraction of sp³-hybridized carbons (Fsp3) is 0.879. The van der Waals surface area contributed by atoms with E-state index in [9.17, 15) is 9.59 Å². The molecule has 4 nitrogen and oxygen atoms in total. The Balaban J connectivity index is 1.27. The van der Waals surface area contributed by atoms with Gasteiger partial charge in [0.25, 0.3) is 0 Å². The van der Waals surface area contributed by atoms with Crippen LogP contribution in [0.4, 0.5) is 0 Å². The van der Waals surface area contributed by atoms with Crippen LogP contribution in [0.5, 0.6) is 0 Å². The zero-order chi connectivity index (χ0) is 26.9. The molecule has 0 aromatic heterocycles. The first-order chi connectivity index (χ1) is 17.7. The summed E-state index contributed by atoms with van der Waals surface area (Å²) >= 11 is 0. The molecule has 3 aliphatic rings. The van der Waals surface area contributed by atoms with Gasteiger partial charge in [0.15, 0.2) is 5.78 Å². The summed E-state index contributed by atoms with van der Waals surface area (Å²) in [5.74, 6) is 0.268. The number of epoxide rings is 1. The van der Waals surface area contributed by atoms with Crippen LogP contribution in [0, 0.1) is 22.7 Å². The summed E-state index contributed by atoms with van der Waals surface area (Å²) < 4.78 is 11.9. The molecule has 0 aromatic carbocycles. The van der Waals surface area contributed by atoms with Gasteiger partial charge in [0.1, 0.15) is 11.7 Å². The summed E-state index contributed by atoms with van der Waals surface area (Å²) in [5.41, 5.74) is -0.646. The van der Waals surface area contributed by atoms with E-state index in [1.54, 1.807) is 0 Å². The fourth-order valence-electron chi connectivity index (χ4n) is 7.77. The number of unbranched alkanes of at least 4 members (excludes halogenated alkanes) is 11. The van der Waals surface area contributed by atoms with Gasteiger partial charge in [0, 0.05) is 18.3 Å². The van der Waals surface area contributed by atoms with Gasteiger partial charge in [-0.15, -0.1) is 0 Å². The largest absolute Gasteiger partial charge is 0.465 e. The third kappa shape index (κ3) is 7.70. The van der Waals surface area contributed by atoms with Gasteiger partial charge in [-0.3, -0.25) is 9.59 Å². The lowest BCUT2D eigenvalue weighted by Gasteiger charge is -2.56. The minimum absolute atomic E-state index is 0.0107. The number of ether oxygens (including phenoxy) is 2. The summed E-state index contributed by atoms with van der Waals surface area (Å²) in [5, 5.41) is 0. The van der Waals surface area contributed by atoms with Crippen molar-refractivity contribution in [1.29, 1.82) is 0 Å². The Bertz CT molecular complexity index is 770. The Hall–Kier alpha value is -1.16. The molecule has 1 saturated heterocycles. The van der Waals surface area contributed by atoms with Gasteiger partial charge in [0.05, 0.1) is 6.61 Å².